The van der Waals surface area contributed by atoms with Crippen LogP contribution in [0.25, 0.3) is 11.0 Å². The molecule has 1 aromatic heterocycles. The lowest BCUT2D eigenvalue weighted by Crippen LogP contribution is -2.16. The predicted octanol–water partition coefficient (Wildman–Crippen LogP) is 4.27. The topological polar surface area (TPSA) is 30.3 Å². The van der Waals surface area contributed by atoms with Gasteiger partial charge >= 0.3 is 0 Å². The number of nitrogens with zero attached hydrogens (tertiary/aromatic N) is 3. The Morgan fingerprint density at radius 3 is 2.68 bits per heavy atom. The summed E-state index contributed by atoms with van der Waals surface area (Å²) >= 11 is 0. The summed E-state index contributed by atoms with van der Waals surface area (Å²) in [6, 6.07) is 16.6. The van der Waals surface area contributed by atoms with E-state index in [1.165, 1.54) is 11.1 Å². The smallest absolute Gasteiger partial charge is 0.124 e. The van der Waals surface area contributed by atoms with Crippen molar-refractivity contribution in [2.24, 2.45) is 0 Å². The quantitative estimate of drug-likeness (QED) is 0.575. The number of hydrogen-bond acceptors (Lipinski definition) is 3. The number of ether oxygens (including phenoxy) is 1. The molecule has 0 radical (unpaired) electrons. The van der Waals surface area contributed by atoms with Crippen LogP contribution in [0.3, 0.4) is 0 Å². The van der Waals surface area contributed by atoms with Gasteiger partial charge in [-0.25, -0.2) is 4.98 Å². The molecule has 0 atom stereocenters. The average Bonchev–Trinajstić information content (AvgIpc) is 2.91. The molecule has 0 aliphatic rings. The van der Waals surface area contributed by atoms with Gasteiger partial charge in [0.05, 0.1) is 24.2 Å². The summed E-state index contributed by atoms with van der Waals surface area (Å²) in [5.74, 6) is 2.09. The fourth-order valence-corrected chi connectivity index (χ4v) is 3.05. The highest BCUT2D eigenvalue weighted by molar-refractivity contribution is 5.75. The fourth-order valence-electron chi connectivity index (χ4n) is 3.05. The molecule has 3 rings (SSSR count). The maximum atomic E-state index is 5.86. The third-order valence-corrected chi connectivity index (χ3v) is 4.23. The van der Waals surface area contributed by atoms with Crippen LogP contribution in [0.2, 0.25) is 0 Å². The van der Waals surface area contributed by atoms with E-state index in [1.54, 1.807) is 0 Å². The number of aryl methyl sites for hydroxylation is 2. The Kier molecular flexibility index (Phi) is 5.71. The first-order valence-electron chi connectivity index (χ1n) is 8.92. The summed E-state index contributed by atoms with van der Waals surface area (Å²) in [5, 5.41) is 0. The second kappa shape index (κ2) is 8.17. The zero-order valence-electron chi connectivity index (χ0n) is 15.4. The van der Waals surface area contributed by atoms with Crippen molar-refractivity contribution in [3.8, 4) is 5.75 Å². The second-order valence-corrected chi connectivity index (χ2v) is 6.78. The van der Waals surface area contributed by atoms with E-state index in [2.05, 4.69) is 66.9 Å². The van der Waals surface area contributed by atoms with E-state index in [0.717, 1.165) is 49.6 Å². The molecular formula is C21H27N3O. The van der Waals surface area contributed by atoms with Crippen LogP contribution in [0, 0.1) is 6.92 Å². The number of unbranched alkanes of at least 4 members (excludes halogenated alkanes) is 1. The van der Waals surface area contributed by atoms with Gasteiger partial charge < -0.3 is 14.2 Å². The lowest BCUT2D eigenvalue weighted by Gasteiger charge is -2.13. The number of hydrogen-bond donors (Lipinski definition) is 0. The number of rotatable bonds is 8. The third-order valence-electron chi connectivity index (χ3n) is 4.23. The van der Waals surface area contributed by atoms with E-state index >= 15 is 0 Å². The zero-order valence-corrected chi connectivity index (χ0v) is 15.4. The molecule has 1 heterocycles. The van der Waals surface area contributed by atoms with E-state index < -0.39 is 0 Å². The fraction of sp³-hybridized carbons (Fsp3) is 0.381. The van der Waals surface area contributed by atoms with Crippen molar-refractivity contribution in [3.05, 3.63) is 59.9 Å². The summed E-state index contributed by atoms with van der Waals surface area (Å²) < 4.78 is 8.20. The molecule has 3 aromatic rings. The van der Waals surface area contributed by atoms with Crippen molar-refractivity contribution in [1.82, 2.24) is 14.5 Å². The molecule has 0 amide bonds. The summed E-state index contributed by atoms with van der Waals surface area (Å²) in [5.41, 5.74) is 3.53. The summed E-state index contributed by atoms with van der Waals surface area (Å²) in [6.45, 7) is 4.66. The summed E-state index contributed by atoms with van der Waals surface area (Å²) in [4.78, 5) is 6.96. The van der Waals surface area contributed by atoms with Gasteiger partial charge in [0, 0.05) is 6.54 Å². The molecule has 4 heteroatoms. The molecule has 0 spiro atoms. The van der Waals surface area contributed by atoms with Crippen LogP contribution < -0.4 is 4.74 Å². The molecular weight excluding hydrogens is 310 g/mol. The van der Waals surface area contributed by atoms with Gasteiger partial charge in [0.25, 0.3) is 0 Å². The molecule has 0 aliphatic heterocycles. The van der Waals surface area contributed by atoms with Gasteiger partial charge in [-0.1, -0.05) is 24.3 Å². The van der Waals surface area contributed by atoms with Crippen LogP contribution in [0.1, 0.15) is 24.2 Å². The van der Waals surface area contributed by atoms with E-state index in [0.29, 0.717) is 0 Å². The number of benzene rings is 2. The molecule has 0 fully saturated rings. The number of para-hydroxylation sites is 2. The van der Waals surface area contributed by atoms with Gasteiger partial charge in [0.15, 0.2) is 0 Å². The normalized spacial score (nSPS) is 11.4. The predicted molar refractivity (Wildman–Crippen MR) is 103 cm³/mol. The van der Waals surface area contributed by atoms with Crippen molar-refractivity contribution in [1.29, 1.82) is 0 Å². The minimum atomic E-state index is 0.749. The van der Waals surface area contributed by atoms with E-state index in [-0.39, 0.29) is 0 Å². The Balaban J connectivity index is 1.58. The minimum Gasteiger partial charge on any atom is -0.494 e. The SMILES string of the molecule is Cc1cccc(OCCCCn2c(CN(C)C)nc3ccccc32)c1. The molecule has 2 aromatic carbocycles. The highest BCUT2D eigenvalue weighted by Gasteiger charge is 2.10. The molecule has 25 heavy (non-hydrogen) atoms. The van der Waals surface area contributed by atoms with Crippen LogP contribution in [0.4, 0.5) is 0 Å². The lowest BCUT2D eigenvalue weighted by atomic mass is 10.2. The Morgan fingerprint density at radius 2 is 1.88 bits per heavy atom. The van der Waals surface area contributed by atoms with Gasteiger partial charge in [0.1, 0.15) is 11.6 Å². The lowest BCUT2D eigenvalue weighted by molar-refractivity contribution is 0.302. The largest absolute Gasteiger partial charge is 0.494 e. The number of imidazole rings is 1. The molecule has 0 saturated carbocycles. The highest BCUT2D eigenvalue weighted by atomic mass is 16.5. The van der Waals surface area contributed by atoms with Gasteiger partial charge in [-0.2, -0.15) is 0 Å². The Morgan fingerprint density at radius 1 is 1.04 bits per heavy atom. The summed E-state index contributed by atoms with van der Waals surface area (Å²) in [7, 11) is 4.17. The van der Waals surface area contributed by atoms with Crippen LogP contribution in [0.5, 0.6) is 5.75 Å². The molecule has 4 nitrogen and oxygen atoms in total. The van der Waals surface area contributed by atoms with Crippen LogP contribution in [0.15, 0.2) is 48.5 Å². The molecule has 0 saturated heterocycles. The monoisotopic (exact) mass is 337 g/mol. The average molecular weight is 337 g/mol. The first-order chi connectivity index (χ1) is 12.1. The molecule has 0 bridgehead atoms. The Hall–Kier alpha value is -2.33. The second-order valence-electron chi connectivity index (χ2n) is 6.78. The Bertz CT molecular complexity index is 823. The van der Waals surface area contributed by atoms with Crippen molar-refractivity contribution in [2.45, 2.75) is 32.9 Å². The first-order valence-corrected chi connectivity index (χ1v) is 8.92. The zero-order chi connectivity index (χ0) is 17.6. The summed E-state index contributed by atoms with van der Waals surface area (Å²) in [6.07, 6.45) is 2.11. The van der Waals surface area contributed by atoms with E-state index in [4.69, 9.17) is 9.72 Å². The maximum Gasteiger partial charge on any atom is 0.124 e. The van der Waals surface area contributed by atoms with Crippen molar-refractivity contribution in [3.63, 3.8) is 0 Å². The van der Waals surface area contributed by atoms with Gasteiger partial charge in [0.2, 0.25) is 0 Å². The highest BCUT2D eigenvalue weighted by Crippen LogP contribution is 2.18. The molecule has 0 N–H and O–H groups in total. The first kappa shape index (κ1) is 17.5. The molecule has 0 unspecified atom stereocenters. The van der Waals surface area contributed by atoms with Crippen LogP contribution >= 0.6 is 0 Å². The van der Waals surface area contributed by atoms with Gasteiger partial charge in [-0.3, -0.25) is 0 Å². The molecule has 0 aliphatic carbocycles. The van der Waals surface area contributed by atoms with E-state index in [1.807, 2.05) is 12.1 Å². The number of fused-ring (bicyclic) bond motifs is 1. The van der Waals surface area contributed by atoms with Gasteiger partial charge in [-0.05, 0) is 63.7 Å². The van der Waals surface area contributed by atoms with Crippen molar-refractivity contribution >= 4 is 11.0 Å². The van der Waals surface area contributed by atoms with Crippen LogP contribution in [-0.4, -0.2) is 35.2 Å². The van der Waals surface area contributed by atoms with Gasteiger partial charge in [-0.15, -0.1) is 0 Å². The van der Waals surface area contributed by atoms with Crippen LogP contribution in [-0.2, 0) is 13.1 Å². The van der Waals surface area contributed by atoms with Crippen molar-refractivity contribution in [2.75, 3.05) is 20.7 Å². The maximum absolute atomic E-state index is 5.86. The molecule has 132 valence electrons. The standard InChI is InChI=1S/C21H27N3O/c1-17-9-8-10-18(15-17)25-14-7-6-13-24-20-12-5-4-11-19(20)22-21(24)16-23(2)3/h4-5,8-12,15H,6-7,13-14,16H2,1-3H3. The third kappa shape index (κ3) is 4.60. The minimum absolute atomic E-state index is 0.749. The van der Waals surface area contributed by atoms with E-state index in [9.17, 15) is 0 Å². The number of aromatic nitrogens is 2. The Labute approximate surface area is 150 Å². The van der Waals surface area contributed by atoms with Crippen molar-refractivity contribution < 1.29 is 4.74 Å².